The van der Waals surface area contributed by atoms with Crippen molar-refractivity contribution in [1.82, 2.24) is 14.4 Å². The van der Waals surface area contributed by atoms with E-state index in [0.29, 0.717) is 30.5 Å². The normalized spacial score (nSPS) is 15.1. The molecular weight excluding hydrogens is 452 g/mol. The highest BCUT2D eigenvalue weighted by Gasteiger charge is 2.23. The summed E-state index contributed by atoms with van der Waals surface area (Å²) >= 11 is 1.67. The van der Waals surface area contributed by atoms with Crippen LogP contribution in [0.5, 0.6) is 0 Å². The Kier molecular flexibility index (Phi) is 7.43. The number of aryl methyl sites for hydroxylation is 2. The second-order valence-electron chi connectivity index (χ2n) is 9.02. The van der Waals surface area contributed by atoms with Gasteiger partial charge in [-0.1, -0.05) is 13.8 Å². The SMILES string of the molecule is CC(C)c1csc(CCc2ccn3c(=O)c(/C=C/C(=O)O)c(N4CCC(CO)CC4)nc3c2)n1. The fourth-order valence-corrected chi connectivity index (χ4v) is 5.12. The summed E-state index contributed by atoms with van der Waals surface area (Å²) < 4.78 is 1.47. The summed E-state index contributed by atoms with van der Waals surface area (Å²) in [5, 5.41) is 21.8. The molecule has 0 bridgehead atoms. The highest BCUT2D eigenvalue weighted by molar-refractivity contribution is 7.09. The molecule has 0 aromatic carbocycles. The van der Waals surface area contributed by atoms with E-state index in [9.17, 15) is 14.7 Å². The van der Waals surface area contributed by atoms with Gasteiger partial charge in [-0.15, -0.1) is 11.3 Å². The number of hydrogen-bond acceptors (Lipinski definition) is 7. The van der Waals surface area contributed by atoms with Gasteiger partial charge in [0.2, 0.25) is 0 Å². The molecule has 0 radical (unpaired) electrons. The van der Waals surface area contributed by atoms with Crippen LogP contribution in [0.25, 0.3) is 11.7 Å². The van der Waals surface area contributed by atoms with Gasteiger partial charge >= 0.3 is 5.97 Å². The van der Waals surface area contributed by atoms with E-state index in [1.54, 1.807) is 17.5 Å². The molecule has 0 atom stereocenters. The maximum Gasteiger partial charge on any atom is 0.328 e. The number of carboxylic acid groups (broad SMARTS) is 1. The Bertz CT molecular complexity index is 1260. The number of anilines is 1. The molecule has 2 N–H and O–H groups in total. The number of aliphatic carboxylic acids is 1. The first-order valence-electron chi connectivity index (χ1n) is 11.6. The molecule has 0 unspecified atom stereocenters. The van der Waals surface area contributed by atoms with Gasteiger partial charge in [0.25, 0.3) is 5.56 Å². The molecule has 3 aromatic rings. The number of aromatic nitrogens is 3. The van der Waals surface area contributed by atoms with E-state index in [-0.39, 0.29) is 23.6 Å². The molecule has 1 fully saturated rings. The predicted molar refractivity (Wildman–Crippen MR) is 134 cm³/mol. The summed E-state index contributed by atoms with van der Waals surface area (Å²) in [5.74, 6) is 0.0293. The number of fused-ring (bicyclic) bond motifs is 1. The zero-order chi connectivity index (χ0) is 24.2. The van der Waals surface area contributed by atoms with E-state index in [4.69, 9.17) is 15.1 Å². The number of piperidine rings is 1. The molecule has 1 aliphatic heterocycles. The molecule has 0 amide bonds. The van der Waals surface area contributed by atoms with Crippen LogP contribution in [0.4, 0.5) is 5.82 Å². The van der Waals surface area contributed by atoms with Gasteiger partial charge in [-0.3, -0.25) is 9.20 Å². The maximum atomic E-state index is 13.3. The fourth-order valence-electron chi connectivity index (χ4n) is 4.16. The smallest absolute Gasteiger partial charge is 0.328 e. The van der Waals surface area contributed by atoms with Crippen LogP contribution >= 0.6 is 11.3 Å². The number of carboxylic acids is 1. The van der Waals surface area contributed by atoms with Crippen molar-refractivity contribution in [3.05, 3.63) is 62.0 Å². The molecule has 34 heavy (non-hydrogen) atoms. The minimum absolute atomic E-state index is 0.147. The van der Waals surface area contributed by atoms with Crippen molar-refractivity contribution in [3.8, 4) is 0 Å². The van der Waals surface area contributed by atoms with Crippen LogP contribution in [0.15, 0.2) is 34.6 Å². The van der Waals surface area contributed by atoms with Crippen molar-refractivity contribution in [2.24, 2.45) is 5.92 Å². The van der Waals surface area contributed by atoms with Gasteiger partial charge in [-0.25, -0.2) is 14.8 Å². The van der Waals surface area contributed by atoms with Crippen LogP contribution in [0.1, 0.15) is 54.4 Å². The molecule has 9 heteroatoms. The molecule has 1 aliphatic rings. The van der Waals surface area contributed by atoms with Gasteiger partial charge in [0.05, 0.1) is 16.3 Å². The predicted octanol–water partition coefficient (Wildman–Crippen LogP) is 3.37. The first-order valence-corrected chi connectivity index (χ1v) is 12.5. The highest BCUT2D eigenvalue weighted by atomic mass is 32.1. The number of hydrogen-bond donors (Lipinski definition) is 2. The van der Waals surface area contributed by atoms with Gasteiger partial charge in [-0.05, 0) is 54.9 Å². The Labute approximate surface area is 202 Å². The minimum Gasteiger partial charge on any atom is -0.478 e. The molecule has 8 nitrogen and oxygen atoms in total. The third-order valence-corrected chi connectivity index (χ3v) is 7.19. The van der Waals surface area contributed by atoms with Crippen molar-refractivity contribution in [3.63, 3.8) is 0 Å². The zero-order valence-corrected chi connectivity index (χ0v) is 20.3. The van der Waals surface area contributed by atoms with Crippen molar-refractivity contribution in [1.29, 1.82) is 0 Å². The molecule has 0 saturated carbocycles. The van der Waals surface area contributed by atoms with Crippen molar-refractivity contribution in [2.75, 3.05) is 24.6 Å². The number of rotatable bonds is 8. The van der Waals surface area contributed by atoms with E-state index < -0.39 is 5.97 Å². The molecular formula is C25H30N4O4S. The largest absolute Gasteiger partial charge is 0.478 e. The lowest BCUT2D eigenvalue weighted by molar-refractivity contribution is -0.131. The van der Waals surface area contributed by atoms with Crippen LogP contribution < -0.4 is 10.5 Å². The average Bonchev–Trinajstić information content (AvgIpc) is 3.31. The highest BCUT2D eigenvalue weighted by Crippen LogP contribution is 2.25. The van der Waals surface area contributed by atoms with Crippen LogP contribution in [0, 0.1) is 5.92 Å². The van der Waals surface area contributed by atoms with Gasteiger partial charge in [0.15, 0.2) is 0 Å². The first-order chi connectivity index (χ1) is 16.4. The maximum absolute atomic E-state index is 13.3. The summed E-state index contributed by atoms with van der Waals surface area (Å²) in [6, 6.07) is 3.83. The molecule has 0 spiro atoms. The van der Waals surface area contributed by atoms with Crippen molar-refractivity contribution >= 4 is 34.8 Å². The van der Waals surface area contributed by atoms with Crippen LogP contribution in [0.3, 0.4) is 0 Å². The van der Waals surface area contributed by atoms with Crippen LogP contribution in [-0.4, -0.2) is 50.2 Å². The number of thiazole rings is 1. The van der Waals surface area contributed by atoms with Crippen LogP contribution in [-0.2, 0) is 17.6 Å². The Morgan fingerprint density at radius 1 is 1.26 bits per heavy atom. The Hall–Kier alpha value is -3.04. The summed E-state index contributed by atoms with van der Waals surface area (Å²) in [5.41, 5.74) is 2.68. The minimum atomic E-state index is -1.12. The summed E-state index contributed by atoms with van der Waals surface area (Å²) in [4.78, 5) is 35.9. The van der Waals surface area contributed by atoms with Gasteiger partial charge in [0.1, 0.15) is 11.5 Å². The van der Waals surface area contributed by atoms with Crippen molar-refractivity contribution < 1.29 is 15.0 Å². The van der Waals surface area contributed by atoms with Gasteiger partial charge in [0, 0.05) is 43.8 Å². The lowest BCUT2D eigenvalue weighted by Gasteiger charge is -2.32. The standard InChI is InChI=1S/C25H30N4O4S/c1-16(2)20-15-34-22(26-20)5-3-17-9-12-29-21(13-17)27-24(19(25(29)33)4-6-23(31)32)28-10-7-18(14-30)8-11-28/h4,6,9,12-13,15-16,18,30H,3,5,7-8,10-11,14H2,1-2H3,(H,31,32)/b6-4+. The monoisotopic (exact) mass is 482 g/mol. The molecule has 1 saturated heterocycles. The summed E-state index contributed by atoms with van der Waals surface area (Å²) in [6.45, 7) is 5.73. The topological polar surface area (TPSA) is 108 Å². The fraction of sp³-hybridized carbons (Fsp3) is 0.440. The van der Waals surface area contributed by atoms with Gasteiger partial charge in [-0.2, -0.15) is 0 Å². The first kappa shape index (κ1) is 24.1. The third-order valence-electron chi connectivity index (χ3n) is 6.26. The van der Waals surface area contributed by atoms with E-state index >= 15 is 0 Å². The number of nitrogens with zero attached hydrogens (tertiary/aromatic N) is 4. The molecule has 0 aliphatic carbocycles. The van der Waals surface area contributed by atoms with Crippen molar-refractivity contribution in [2.45, 2.75) is 45.4 Å². The van der Waals surface area contributed by atoms with E-state index in [1.165, 1.54) is 10.5 Å². The zero-order valence-electron chi connectivity index (χ0n) is 19.5. The molecule has 3 aromatic heterocycles. The number of aliphatic hydroxyl groups is 1. The number of carbonyl (C=O) groups is 1. The summed E-state index contributed by atoms with van der Waals surface area (Å²) in [7, 11) is 0. The quantitative estimate of drug-likeness (QED) is 0.474. The Balaban J connectivity index is 1.66. The second-order valence-corrected chi connectivity index (χ2v) is 9.97. The van der Waals surface area contributed by atoms with E-state index in [0.717, 1.165) is 48.0 Å². The molecule has 4 rings (SSSR count). The lowest BCUT2D eigenvalue weighted by Crippen LogP contribution is -2.37. The lowest BCUT2D eigenvalue weighted by atomic mass is 9.97. The van der Waals surface area contributed by atoms with E-state index in [1.807, 2.05) is 17.0 Å². The van der Waals surface area contributed by atoms with Crippen LogP contribution in [0.2, 0.25) is 0 Å². The van der Waals surface area contributed by atoms with E-state index in [2.05, 4.69) is 19.2 Å². The Morgan fingerprint density at radius 2 is 2.03 bits per heavy atom. The Morgan fingerprint density at radius 3 is 2.68 bits per heavy atom. The summed E-state index contributed by atoms with van der Waals surface area (Å²) in [6.07, 6.45) is 7.22. The number of aliphatic hydroxyl groups excluding tert-OH is 1. The number of pyridine rings is 1. The third kappa shape index (κ3) is 5.37. The van der Waals surface area contributed by atoms with Gasteiger partial charge < -0.3 is 15.1 Å². The average molecular weight is 483 g/mol. The second kappa shape index (κ2) is 10.5. The molecule has 180 valence electrons. The molecule has 4 heterocycles.